The molecule has 0 fully saturated rings. The van der Waals surface area contributed by atoms with Crippen molar-refractivity contribution in [3.63, 3.8) is 0 Å². The molecule has 0 aliphatic carbocycles. The van der Waals surface area contributed by atoms with Crippen LogP contribution in [0.5, 0.6) is 0 Å². The first-order valence-corrected chi connectivity index (χ1v) is 4.67. The zero-order valence-corrected chi connectivity index (χ0v) is 8.53. The van der Waals surface area contributed by atoms with Gasteiger partial charge in [0, 0.05) is 35.7 Å². The highest BCUT2D eigenvalue weighted by Crippen LogP contribution is 2.21. The number of nitrogens with one attached hydrogen (secondary N) is 1. The van der Waals surface area contributed by atoms with Crippen LogP contribution in [0.4, 0.5) is 4.39 Å². The molecule has 0 saturated heterocycles. The van der Waals surface area contributed by atoms with Gasteiger partial charge in [-0.05, 0) is 18.2 Å². The highest BCUT2D eigenvalue weighted by molar-refractivity contribution is 5.88. The van der Waals surface area contributed by atoms with Gasteiger partial charge in [-0.3, -0.25) is 10.1 Å². The van der Waals surface area contributed by atoms with Crippen LogP contribution in [0.1, 0.15) is 12.5 Å². The van der Waals surface area contributed by atoms with E-state index >= 15 is 0 Å². The van der Waals surface area contributed by atoms with E-state index < -0.39 is 4.92 Å². The maximum Gasteiger partial charge on any atom is 0.243 e. The third kappa shape index (κ3) is 1.79. The SMILES string of the molecule is C/C(=C/c1c[nH]c2cc(F)ccc12)[N+](=O)[O-]. The van der Waals surface area contributed by atoms with E-state index in [-0.39, 0.29) is 11.5 Å². The van der Waals surface area contributed by atoms with Crippen LogP contribution in [-0.2, 0) is 0 Å². The van der Waals surface area contributed by atoms with Crippen molar-refractivity contribution < 1.29 is 9.31 Å². The Morgan fingerprint density at radius 2 is 2.31 bits per heavy atom. The number of hydrogen-bond donors (Lipinski definition) is 1. The van der Waals surface area contributed by atoms with Crippen molar-refractivity contribution in [1.29, 1.82) is 0 Å². The minimum Gasteiger partial charge on any atom is -0.360 e. The number of halogens is 1. The first kappa shape index (κ1) is 10.4. The number of allylic oxidation sites excluding steroid dienone is 1. The van der Waals surface area contributed by atoms with Crippen molar-refractivity contribution >= 4 is 17.0 Å². The van der Waals surface area contributed by atoms with E-state index in [1.165, 1.54) is 25.1 Å². The van der Waals surface area contributed by atoms with Crippen LogP contribution in [0.3, 0.4) is 0 Å². The summed E-state index contributed by atoms with van der Waals surface area (Å²) in [5, 5.41) is 11.2. The van der Waals surface area contributed by atoms with Gasteiger partial charge < -0.3 is 4.98 Å². The highest BCUT2D eigenvalue weighted by Gasteiger charge is 2.07. The molecule has 1 aromatic heterocycles. The fourth-order valence-electron chi connectivity index (χ4n) is 1.52. The molecule has 0 atom stereocenters. The molecule has 0 radical (unpaired) electrons. The minimum absolute atomic E-state index is 0.0465. The number of H-pyrrole nitrogens is 1. The van der Waals surface area contributed by atoms with Gasteiger partial charge >= 0.3 is 0 Å². The molecule has 0 saturated carbocycles. The van der Waals surface area contributed by atoms with E-state index in [4.69, 9.17) is 0 Å². The van der Waals surface area contributed by atoms with Crippen molar-refractivity contribution in [2.24, 2.45) is 0 Å². The normalized spacial score (nSPS) is 12.0. The van der Waals surface area contributed by atoms with Gasteiger partial charge in [-0.15, -0.1) is 0 Å². The molecule has 0 aliphatic rings. The van der Waals surface area contributed by atoms with Gasteiger partial charge in [-0.25, -0.2) is 4.39 Å². The molecule has 4 nitrogen and oxygen atoms in total. The monoisotopic (exact) mass is 220 g/mol. The van der Waals surface area contributed by atoms with Crippen LogP contribution >= 0.6 is 0 Å². The standard InChI is InChI=1S/C11H9FN2O2/c1-7(14(15)16)4-8-6-13-11-5-9(12)2-3-10(8)11/h2-6,13H,1H3/b7-4-. The first-order valence-electron chi connectivity index (χ1n) is 4.67. The number of nitro groups is 1. The lowest BCUT2D eigenvalue weighted by Crippen LogP contribution is -1.92. The number of benzene rings is 1. The molecule has 0 aliphatic heterocycles. The molecular formula is C11H9FN2O2. The number of aromatic amines is 1. The van der Waals surface area contributed by atoms with E-state index in [9.17, 15) is 14.5 Å². The molecule has 1 heterocycles. The molecule has 1 aromatic carbocycles. The lowest BCUT2D eigenvalue weighted by molar-refractivity contribution is -0.422. The second-order valence-electron chi connectivity index (χ2n) is 3.48. The zero-order chi connectivity index (χ0) is 11.7. The molecule has 82 valence electrons. The first-order chi connectivity index (χ1) is 7.58. The Morgan fingerprint density at radius 3 is 3.00 bits per heavy atom. The summed E-state index contributed by atoms with van der Waals surface area (Å²) < 4.78 is 12.9. The van der Waals surface area contributed by atoms with Crippen molar-refractivity contribution in [3.8, 4) is 0 Å². The Bertz CT molecular complexity index is 587. The van der Waals surface area contributed by atoms with Gasteiger partial charge in [0.25, 0.3) is 0 Å². The van der Waals surface area contributed by atoms with Crippen molar-refractivity contribution in [2.45, 2.75) is 6.92 Å². The lowest BCUT2D eigenvalue weighted by Gasteiger charge is -1.92. The third-order valence-electron chi connectivity index (χ3n) is 2.33. The average molecular weight is 220 g/mol. The molecule has 16 heavy (non-hydrogen) atoms. The average Bonchev–Trinajstić information content (AvgIpc) is 2.60. The Kier molecular flexibility index (Phi) is 2.44. The van der Waals surface area contributed by atoms with Gasteiger partial charge in [0.05, 0.1) is 4.92 Å². The number of aromatic nitrogens is 1. The van der Waals surface area contributed by atoms with E-state index in [1.54, 1.807) is 12.3 Å². The van der Waals surface area contributed by atoms with Crippen LogP contribution in [-0.4, -0.2) is 9.91 Å². The van der Waals surface area contributed by atoms with E-state index in [1.807, 2.05) is 0 Å². The van der Waals surface area contributed by atoms with Crippen molar-refractivity contribution in [3.05, 3.63) is 51.6 Å². The molecule has 0 amide bonds. The highest BCUT2D eigenvalue weighted by atomic mass is 19.1. The van der Waals surface area contributed by atoms with Gasteiger partial charge in [0.1, 0.15) is 5.82 Å². The smallest absolute Gasteiger partial charge is 0.243 e. The summed E-state index contributed by atoms with van der Waals surface area (Å²) >= 11 is 0. The van der Waals surface area contributed by atoms with Crippen LogP contribution in [0.2, 0.25) is 0 Å². The quantitative estimate of drug-likeness (QED) is 0.624. The topological polar surface area (TPSA) is 58.9 Å². The third-order valence-corrected chi connectivity index (χ3v) is 2.33. The predicted octanol–water partition coefficient (Wildman–Crippen LogP) is 2.94. The second-order valence-corrected chi connectivity index (χ2v) is 3.48. The van der Waals surface area contributed by atoms with E-state index in [0.29, 0.717) is 11.1 Å². The summed E-state index contributed by atoms with van der Waals surface area (Å²) in [4.78, 5) is 12.9. The van der Waals surface area contributed by atoms with E-state index in [0.717, 1.165) is 5.39 Å². The summed E-state index contributed by atoms with van der Waals surface area (Å²) in [7, 11) is 0. The summed E-state index contributed by atoms with van der Waals surface area (Å²) in [5.74, 6) is -0.337. The number of rotatable bonds is 2. The fraction of sp³-hybridized carbons (Fsp3) is 0.0909. The van der Waals surface area contributed by atoms with Gasteiger partial charge in [0.15, 0.2) is 0 Å². The Balaban J connectivity index is 2.55. The molecule has 0 bridgehead atoms. The number of nitrogens with zero attached hydrogens (tertiary/aromatic N) is 1. The molecule has 2 rings (SSSR count). The van der Waals surface area contributed by atoms with E-state index in [2.05, 4.69) is 4.98 Å². The van der Waals surface area contributed by atoms with Gasteiger partial charge in [-0.1, -0.05) is 0 Å². The molecular weight excluding hydrogens is 211 g/mol. The van der Waals surface area contributed by atoms with Crippen LogP contribution in [0.25, 0.3) is 17.0 Å². The number of hydrogen-bond acceptors (Lipinski definition) is 2. The lowest BCUT2D eigenvalue weighted by atomic mass is 10.1. The maximum absolute atomic E-state index is 12.9. The Morgan fingerprint density at radius 1 is 1.56 bits per heavy atom. The Labute approximate surface area is 90.5 Å². The van der Waals surface area contributed by atoms with Crippen molar-refractivity contribution in [2.75, 3.05) is 0 Å². The van der Waals surface area contributed by atoms with Crippen LogP contribution < -0.4 is 0 Å². The van der Waals surface area contributed by atoms with Gasteiger partial charge in [-0.2, -0.15) is 0 Å². The summed E-state index contributed by atoms with van der Waals surface area (Å²) in [6.45, 7) is 1.42. The summed E-state index contributed by atoms with van der Waals surface area (Å²) in [5.41, 5.74) is 1.36. The van der Waals surface area contributed by atoms with Crippen LogP contribution in [0.15, 0.2) is 30.1 Å². The second kappa shape index (κ2) is 3.77. The predicted molar refractivity (Wildman–Crippen MR) is 58.9 cm³/mol. The summed E-state index contributed by atoms with van der Waals surface area (Å²) in [6, 6.07) is 4.28. The molecule has 5 heteroatoms. The molecule has 1 N–H and O–H groups in total. The Hall–Kier alpha value is -2.17. The summed E-state index contributed by atoms with van der Waals surface area (Å²) in [6.07, 6.45) is 3.08. The molecule has 0 unspecified atom stereocenters. The molecule has 0 spiro atoms. The minimum atomic E-state index is -0.456. The molecule has 2 aromatic rings. The van der Waals surface area contributed by atoms with Crippen molar-refractivity contribution in [1.82, 2.24) is 4.98 Å². The maximum atomic E-state index is 12.9. The largest absolute Gasteiger partial charge is 0.360 e. The fourth-order valence-corrected chi connectivity index (χ4v) is 1.52. The zero-order valence-electron chi connectivity index (χ0n) is 8.53. The number of fused-ring (bicyclic) bond motifs is 1. The van der Waals surface area contributed by atoms with Crippen LogP contribution in [0, 0.1) is 15.9 Å². The van der Waals surface area contributed by atoms with Gasteiger partial charge in [0.2, 0.25) is 5.70 Å².